The molecule has 1 aromatic heterocycles. The van der Waals surface area contributed by atoms with Crippen molar-refractivity contribution in [1.82, 2.24) is 15.0 Å². The van der Waals surface area contributed by atoms with Crippen molar-refractivity contribution in [2.45, 2.75) is 52.1 Å². The van der Waals surface area contributed by atoms with Gasteiger partial charge in [-0.1, -0.05) is 12.1 Å². The molecule has 1 aliphatic carbocycles. The molecule has 0 spiro atoms. The van der Waals surface area contributed by atoms with E-state index in [0.29, 0.717) is 12.6 Å². The number of rotatable bonds is 5. The SMILES string of the molecule is CCC(C)n1nnc(CN)c1CC1CC1. The number of hydrogen-bond donors (Lipinski definition) is 1. The summed E-state index contributed by atoms with van der Waals surface area (Å²) in [5.74, 6) is 0.858. The average Bonchev–Trinajstić information content (AvgIpc) is 2.97. The van der Waals surface area contributed by atoms with Crippen molar-refractivity contribution in [1.29, 1.82) is 0 Å². The van der Waals surface area contributed by atoms with Crippen molar-refractivity contribution in [3.63, 3.8) is 0 Å². The lowest BCUT2D eigenvalue weighted by molar-refractivity contribution is 0.444. The molecule has 1 heterocycles. The van der Waals surface area contributed by atoms with Crippen molar-refractivity contribution in [3.8, 4) is 0 Å². The lowest BCUT2D eigenvalue weighted by Crippen LogP contribution is -2.12. The minimum atomic E-state index is 0.437. The van der Waals surface area contributed by atoms with E-state index in [-0.39, 0.29) is 0 Å². The Bertz CT molecular complexity index is 327. The highest BCUT2D eigenvalue weighted by Gasteiger charge is 2.26. The Balaban J connectivity index is 2.23. The number of hydrogen-bond acceptors (Lipinski definition) is 3. The molecule has 0 saturated heterocycles. The van der Waals surface area contributed by atoms with Crippen LogP contribution in [-0.4, -0.2) is 15.0 Å². The molecule has 0 bridgehead atoms. The van der Waals surface area contributed by atoms with Crippen LogP contribution in [0.15, 0.2) is 0 Å². The molecule has 4 nitrogen and oxygen atoms in total. The molecular weight excluding hydrogens is 188 g/mol. The van der Waals surface area contributed by atoms with E-state index in [1.165, 1.54) is 18.5 Å². The number of aromatic nitrogens is 3. The van der Waals surface area contributed by atoms with E-state index in [4.69, 9.17) is 5.73 Å². The Kier molecular flexibility index (Phi) is 3.05. The van der Waals surface area contributed by atoms with Crippen LogP contribution in [0.3, 0.4) is 0 Å². The first kappa shape index (κ1) is 10.6. The quantitative estimate of drug-likeness (QED) is 0.800. The third-order valence-corrected chi connectivity index (χ3v) is 3.25. The van der Waals surface area contributed by atoms with Crippen molar-refractivity contribution >= 4 is 0 Å². The molecule has 2 N–H and O–H groups in total. The van der Waals surface area contributed by atoms with E-state index >= 15 is 0 Å². The van der Waals surface area contributed by atoms with E-state index in [1.54, 1.807) is 0 Å². The summed E-state index contributed by atoms with van der Waals surface area (Å²) in [6.07, 6.45) is 4.92. The highest BCUT2D eigenvalue weighted by atomic mass is 15.4. The molecule has 0 amide bonds. The van der Waals surface area contributed by atoms with Gasteiger partial charge in [0.2, 0.25) is 0 Å². The van der Waals surface area contributed by atoms with Crippen LogP contribution >= 0.6 is 0 Å². The van der Waals surface area contributed by atoms with Gasteiger partial charge in [-0.2, -0.15) is 0 Å². The molecule has 1 aliphatic rings. The zero-order valence-electron chi connectivity index (χ0n) is 9.61. The van der Waals surface area contributed by atoms with Gasteiger partial charge in [0, 0.05) is 6.54 Å². The first-order valence-electron chi connectivity index (χ1n) is 5.89. The van der Waals surface area contributed by atoms with Crippen molar-refractivity contribution < 1.29 is 0 Å². The number of nitrogens with two attached hydrogens (primary N) is 1. The lowest BCUT2D eigenvalue weighted by atomic mass is 10.1. The molecule has 4 heteroatoms. The van der Waals surface area contributed by atoms with Crippen LogP contribution < -0.4 is 5.73 Å². The fourth-order valence-electron chi connectivity index (χ4n) is 1.84. The summed E-state index contributed by atoms with van der Waals surface area (Å²) in [7, 11) is 0. The Morgan fingerprint density at radius 1 is 1.53 bits per heavy atom. The first-order valence-corrected chi connectivity index (χ1v) is 5.89. The van der Waals surface area contributed by atoms with E-state index in [0.717, 1.165) is 24.5 Å². The first-order chi connectivity index (χ1) is 7.26. The second-order valence-electron chi connectivity index (χ2n) is 4.54. The fraction of sp³-hybridized carbons (Fsp3) is 0.818. The second-order valence-corrected chi connectivity index (χ2v) is 4.54. The van der Waals surface area contributed by atoms with Crippen LogP contribution in [-0.2, 0) is 13.0 Å². The van der Waals surface area contributed by atoms with Crippen molar-refractivity contribution in [2.75, 3.05) is 0 Å². The minimum Gasteiger partial charge on any atom is -0.325 e. The molecule has 1 atom stereocenters. The van der Waals surface area contributed by atoms with E-state index in [2.05, 4.69) is 28.8 Å². The molecule has 0 aromatic carbocycles. The Morgan fingerprint density at radius 3 is 2.80 bits per heavy atom. The van der Waals surface area contributed by atoms with Crippen LogP contribution in [0.2, 0.25) is 0 Å². The Hall–Kier alpha value is -0.900. The van der Waals surface area contributed by atoms with Crippen molar-refractivity contribution in [2.24, 2.45) is 11.7 Å². The third-order valence-electron chi connectivity index (χ3n) is 3.25. The summed E-state index contributed by atoms with van der Waals surface area (Å²) in [5.41, 5.74) is 7.95. The maximum atomic E-state index is 5.69. The van der Waals surface area contributed by atoms with Crippen LogP contribution in [0.1, 0.15) is 50.5 Å². The minimum absolute atomic E-state index is 0.437. The van der Waals surface area contributed by atoms with Crippen molar-refractivity contribution in [3.05, 3.63) is 11.4 Å². The highest BCUT2D eigenvalue weighted by Crippen LogP contribution is 2.33. The molecule has 1 saturated carbocycles. The van der Waals surface area contributed by atoms with Gasteiger partial charge < -0.3 is 5.73 Å². The van der Waals surface area contributed by atoms with E-state index in [1.807, 2.05) is 0 Å². The third kappa shape index (κ3) is 2.20. The lowest BCUT2D eigenvalue weighted by Gasteiger charge is -2.12. The topological polar surface area (TPSA) is 56.7 Å². The molecule has 84 valence electrons. The molecule has 0 radical (unpaired) electrons. The van der Waals surface area contributed by atoms with Gasteiger partial charge in [0.05, 0.1) is 17.4 Å². The predicted octanol–water partition coefficient (Wildman–Crippen LogP) is 1.66. The zero-order valence-corrected chi connectivity index (χ0v) is 9.61. The Morgan fingerprint density at radius 2 is 2.27 bits per heavy atom. The highest BCUT2D eigenvalue weighted by molar-refractivity contribution is 5.12. The van der Waals surface area contributed by atoms with Gasteiger partial charge in [0.25, 0.3) is 0 Å². The van der Waals surface area contributed by atoms with Gasteiger partial charge >= 0.3 is 0 Å². The number of nitrogens with zero attached hydrogens (tertiary/aromatic N) is 3. The molecule has 1 aromatic rings. The summed E-state index contributed by atoms with van der Waals surface area (Å²) in [6, 6.07) is 0.437. The van der Waals surface area contributed by atoms with Crippen LogP contribution in [0.4, 0.5) is 0 Å². The molecular formula is C11H20N4. The normalized spacial score (nSPS) is 18.1. The van der Waals surface area contributed by atoms with Crippen LogP contribution in [0, 0.1) is 5.92 Å². The predicted molar refractivity (Wildman–Crippen MR) is 59.3 cm³/mol. The summed E-state index contributed by atoms with van der Waals surface area (Å²) in [4.78, 5) is 0. The van der Waals surface area contributed by atoms with Gasteiger partial charge in [-0.05, 0) is 38.5 Å². The van der Waals surface area contributed by atoms with Gasteiger partial charge in [-0.25, -0.2) is 4.68 Å². The Labute approximate surface area is 90.8 Å². The maximum Gasteiger partial charge on any atom is 0.0994 e. The maximum absolute atomic E-state index is 5.69. The summed E-state index contributed by atoms with van der Waals surface area (Å²) >= 11 is 0. The molecule has 15 heavy (non-hydrogen) atoms. The largest absolute Gasteiger partial charge is 0.325 e. The summed E-state index contributed by atoms with van der Waals surface area (Å²) in [5, 5.41) is 8.40. The molecule has 1 unspecified atom stereocenters. The molecule has 1 fully saturated rings. The molecule has 0 aliphatic heterocycles. The van der Waals surface area contributed by atoms with Gasteiger partial charge in [-0.3, -0.25) is 0 Å². The fourth-order valence-corrected chi connectivity index (χ4v) is 1.84. The van der Waals surface area contributed by atoms with Crippen LogP contribution in [0.5, 0.6) is 0 Å². The van der Waals surface area contributed by atoms with Gasteiger partial charge in [-0.15, -0.1) is 5.10 Å². The zero-order chi connectivity index (χ0) is 10.8. The van der Waals surface area contributed by atoms with Gasteiger partial charge in [0.1, 0.15) is 0 Å². The molecule has 2 rings (SSSR count). The van der Waals surface area contributed by atoms with E-state index < -0.39 is 0 Å². The monoisotopic (exact) mass is 208 g/mol. The average molecular weight is 208 g/mol. The second kappa shape index (κ2) is 4.31. The summed E-state index contributed by atoms with van der Waals surface area (Å²) in [6.45, 7) is 4.87. The summed E-state index contributed by atoms with van der Waals surface area (Å²) < 4.78 is 2.07. The van der Waals surface area contributed by atoms with E-state index in [9.17, 15) is 0 Å². The smallest absolute Gasteiger partial charge is 0.0994 e. The van der Waals surface area contributed by atoms with Crippen LogP contribution in [0.25, 0.3) is 0 Å². The standard InChI is InChI=1S/C11H20N4/c1-3-8(2)15-11(6-9-4-5-9)10(7-12)13-14-15/h8-9H,3-7,12H2,1-2H3. The van der Waals surface area contributed by atoms with Gasteiger partial charge in [0.15, 0.2) is 0 Å².